The number of aliphatic hydroxyl groups excluding tert-OH is 1. The molecular weight excluding hydrogens is 543 g/mol. The molecule has 39 heavy (non-hydrogen) atoms. The van der Waals surface area contributed by atoms with Gasteiger partial charge in [0.15, 0.2) is 5.78 Å². The average Bonchev–Trinajstić information content (AvgIpc) is 3.69. The van der Waals surface area contributed by atoms with Gasteiger partial charge >= 0.3 is 0 Å². The van der Waals surface area contributed by atoms with Crippen LogP contribution in [-0.4, -0.2) is 70.3 Å². The Morgan fingerprint density at radius 2 is 2.03 bits per heavy atom. The van der Waals surface area contributed by atoms with Crippen LogP contribution in [0.15, 0.2) is 29.8 Å². The molecule has 4 N–H and O–H groups in total. The fourth-order valence-electron chi connectivity index (χ4n) is 6.83. The van der Waals surface area contributed by atoms with Gasteiger partial charge in [-0.15, -0.1) is 0 Å². The molecule has 1 aromatic heterocycles. The number of aromatic nitrogens is 1. The highest BCUT2D eigenvalue weighted by Crippen LogP contribution is 2.54. The highest BCUT2D eigenvalue weighted by molar-refractivity contribution is 6.48. The van der Waals surface area contributed by atoms with Crippen molar-refractivity contribution in [1.82, 2.24) is 20.5 Å². The third-order valence-corrected chi connectivity index (χ3v) is 8.90. The zero-order valence-corrected chi connectivity index (χ0v) is 23.1. The number of likely N-dealkylation sites (tertiary alicyclic amines) is 1. The number of amides is 3. The van der Waals surface area contributed by atoms with E-state index in [0.717, 1.165) is 6.42 Å². The van der Waals surface area contributed by atoms with Gasteiger partial charge < -0.3 is 25.6 Å². The molecule has 2 aliphatic carbocycles. The molecule has 0 unspecified atom stereocenters. The van der Waals surface area contributed by atoms with Gasteiger partial charge in [-0.2, -0.15) is 0 Å². The molecule has 2 aliphatic heterocycles. The lowest BCUT2D eigenvalue weighted by Crippen LogP contribution is -2.54. The zero-order valence-electron chi connectivity index (χ0n) is 21.6. The summed E-state index contributed by atoms with van der Waals surface area (Å²) in [5, 5.41) is 15.8. The van der Waals surface area contributed by atoms with Crippen molar-refractivity contribution < 1.29 is 24.3 Å². The maximum atomic E-state index is 13.9. The molecule has 3 fully saturated rings. The lowest BCUT2D eigenvalue weighted by atomic mass is 9.81. The number of H-pyrrole nitrogens is 1. The SMILES string of the molecule is C=C(Cl)c1cc(C(=O)N2C[C@H]3[C@@H]([C@H]2C(=O)N[C@@H](C[C@@H]2CCNC2=O)C(=O)CO)[C@H]2C=C[C@@H]3C2)[nH]c1/C=C(\C)Cl. The third kappa shape index (κ3) is 5.19. The maximum absolute atomic E-state index is 13.9. The maximum Gasteiger partial charge on any atom is 0.271 e. The minimum absolute atomic E-state index is 0.0921. The lowest BCUT2D eigenvalue weighted by Gasteiger charge is -2.30. The number of aliphatic hydroxyl groups is 1. The van der Waals surface area contributed by atoms with Crippen LogP contribution in [-0.2, 0) is 14.4 Å². The molecule has 1 aromatic rings. The van der Waals surface area contributed by atoms with Gasteiger partial charge in [-0.1, -0.05) is 41.9 Å². The van der Waals surface area contributed by atoms with Crippen molar-refractivity contribution in [2.24, 2.45) is 29.6 Å². The zero-order chi connectivity index (χ0) is 28.0. The van der Waals surface area contributed by atoms with Crippen LogP contribution in [0.2, 0.25) is 0 Å². The Hall–Kier alpha value is -2.88. The summed E-state index contributed by atoms with van der Waals surface area (Å²) in [6.07, 6.45) is 7.53. The van der Waals surface area contributed by atoms with Gasteiger partial charge in [0.25, 0.3) is 5.91 Å². The van der Waals surface area contributed by atoms with E-state index in [9.17, 15) is 24.3 Å². The highest BCUT2D eigenvalue weighted by Gasteiger charge is 2.58. The van der Waals surface area contributed by atoms with E-state index in [1.165, 1.54) is 0 Å². The highest BCUT2D eigenvalue weighted by atomic mass is 35.5. The summed E-state index contributed by atoms with van der Waals surface area (Å²) in [5.41, 5.74) is 1.32. The van der Waals surface area contributed by atoms with E-state index in [0.29, 0.717) is 35.8 Å². The fraction of sp³-hybridized carbons (Fsp3) is 0.500. The number of ketones is 1. The second-order valence-corrected chi connectivity index (χ2v) is 12.0. The molecule has 5 rings (SSSR count). The van der Waals surface area contributed by atoms with Gasteiger partial charge in [0.05, 0.1) is 6.04 Å². The molecule has 3 heterocycles. The van der Waals surface area contributed by atoms with Crippen LogP contribution in [0.25, 0.3) is 11.1 Å². The van der Waals surface area contributed by atoms with Crippen LogP contribution in [0.1, 0.15) is 47.9 Å². The standard InChI is InChI=1S/C28H32Cl2N4O5/c1-13(29)7-20-18(14(2)30)10-22(32-20)28(39)34-11-19-15-3-4-16(8-15)24(19)25(34)27(38)33-21(23(36)12-35)9-17-5-6-31-26(17)37/h3-4,7,10,15-17,19,21,24-25,32,35H,2,5-6,8-9,11-12H2,1H3,(H,31,37)(H,33,38)/b13-7+/t15-,16+,17+,19-,21+,24+,25+/m1/s1. The molecule has 2 saturated heterocycles. The third-order valence-electron chi connectivity index (χ3n) is 8.58. The summed E-state index contributed by atoms with van der Waals surface area (Å²) in [5.74, 6) is -1.52. The van der Waals surface area contributed by atoms with E-state index in [-0.39, 0.29) is 52.6 Å². The lowest BCUT2D eigenvalue weighted by molar-refractivity contribution is -0.133. The summed E-state index contributed by atoms with van der Waals surface area (Å²) in [6.45, 7) is 5.63. The fourth-order valence-corrected chi connectivity index (χ4v) is 7.10. The first kappa shape index (κ1) is 27.7. The Morgan fingerprint density at radius 3 is 2.67 bits per heavy atom. The summed E-state index contributed by atoms with van der Waals surface area (Å²) in [6, 6.07) is -0.231. The van der Waals surface area contributed by atoms with Gasteiger partial charge in [0.2, 0.25) is 11.8 Å². The monoisotopic (exact) mass is 574 g/mol. The van der Waals surface area contributed by atoms with Crippen LogP contribution in [0.3, 0.4) is 0 Å². The summed E-state index contributed by atoms with van der Waals surface area (Å²) >= 11 is 12.3. The largest absolute Gasteiger partial charge is 0.389 e. The van der Waals surface area contributed by atoms with Crippen LogP contribution in [0.4, 0.5) is 0 Å². The molecule has 7 atom stereocenters. The molecule has 1 saturated carbocycles. The topological polar surface area (TPSA) is 132 Å². The molecule has 0 spiro atoms. The van der Waals surface area contributed by atoms with E-state index in [1.54, 1.807) is 24.0 Å². The van der Waals surface area contributed by atoms with Gasteiger partial charge in [-0.25, -0.2) is 0 Å². The second kappa shape index (κ2) is 10.9. The van der Waals surface area contributed by atoms with Crippen molar-refractivity contribution in [3.63, 3.8) is 0 Å². The number of carbonyl (C=O) groups excluding carboxylic acids is 4. The van der Waals surface area contributed by atoms with E-state index in [4.69, 9.17) is 23.2 Å². The van der Waals surface area contributed by atoms with Crippen molar-refractivity contribution in [3.05, 3.63) is 46.8 Å². The number of aromatic amines is 1. The van der Waals surface area contributed by atoms with Gasteiger partial charge in [-0.05, 0) is 62.0 Å². The number of Topliss-reactive ketones (excluding diaryl/α,β-unsaturated/α-hetero) is 1. The summed E-state index contributed by atoms with van der Waals surface area (Å²) < 4.78 is 0. The minimum Gasteiger partial charge on any atom is -0.389 e. The number of allylic oxidation sites excluding steroid dienone is 3. The van der Waals surface area contributed by atoms with Crippen LogP contribution in [0, 0.1) is 29.6 Å². The van der Waals surface area contributed by atoms with Crippen molar-refractivity contribution in [2.75, 3.05) is 19.7 Å². The number of halogens is 2. The average molecular weight is 575 g/mol. The second-order valence-electron chi connectivity index (χ2n) is 10.9. The van der Waals surface area contributed by atoms with Crippen LogP contribution >= 0.6 is 23.2 Å². The molecule has 2 bridgehead atoms. The van der Waals surface area contributed by atoms with Gasteiger partial charge in [0, 0.05) is 40.3 Å². The number of nitrogens with zero attached hydrogens (tertiary/aromatic N) is 1. The number of hydrogen-bond acceptors (Lipinski definition) is 5. The molecule has 208 valence electrons. The van der Waals surface area contributed by atoms with Crippen molar-refractivity contribution >= 4 is 57.8 Å². The molecule has 3 amide bonds. The number of hydrogen-bond donors (Lipinski definition) is 4. The van der Waals surface area contributed by atoms with Gasteiger partial charge in [-0.3, -0.25) is 19.2 Å². The predicted molar refractivity (Wildman–Crippen MR) is 147 cm³/mol. The minimum atomic E-state index is -1.03. The Kier molecular flexibility index (Phi) is 7.77. The molecular formula is C28H32Cl2N4O5. The summed E-state index contributed by atoms with van der Waals surface area (Å²) in [7, 11) is 0. The smallest absolute Gasteiger partial charge is 0.271 e. The van der Waals surface area contributed by atoms with E-state index < -0.39 is 36.3 Å². The quantitative estimate of drug-likeness (QED) is 0.337. The number of rotatable bonds is 9. The molecule has 0 aromatic carbocycles. The Balaban J connectivity index is 1.44. The van der Waals surface area contributed by atoms with Crippen LogP contribution in [0.5, 0.6) is 0 Å². The number of carbonyl (C=O) groups is 4. The Bertz CT molecular complexity index is 1280. The number of nitrogens with one attached hydrogen (secondary N) is 3. The first-order chi connectivity index (χ1) is 18.6. The Morgan fingerprint density at radius 1 is 1.28 bits per heavy atom. The van der Waals surface area contributed by atoms with E-state index >= 15 is 0 Å². The molecule has 4 aliphatic rings. The van der Waals surface area contributed by atoms with E-state index in [1.807, 2.05) is 0 Å². The first-order valence-corrected chi connectivity index (χ1v) is 14.0. The summed E-state index contributed by atoms with van der Waals surface area (Å²) in [4.78, 5) is 57.2. The van der Waals surface area contributed by atoms with Crippen LogP contribution < -0.4 is 10.6 Å². The molecule has 11 heteroatoms. The molecule has 0 radical (unpaired) electrons. The number of fused-ring (bicyclic) bond motifs is 5. The van der Waals surface area contributed by atoms with E-state index in [2.05, 4.69) is 34.3 Å². The predicted octanol–water partition coefficient (Wildman–Crippen LogP) is 2.66. The molecule has 9 nitrogen and oxygen atoms in total. The van der Waals surface area contributed by atoms with Crippen molar-refractivity contribution in [2.45, 2.75) is 38.3 Å². The Labute approximate surface area is 236 Å². The van der Waals surface area contributed by atoms with Crippen molar-refractivity contribution in [3.8, 4) is 0 Å². The normalized spacial score (nSPS) is 29.9. The van der Waals surface area contributed by atoms with Crippen molar-refractivity contribution in [1.29, 1.82) is 0 Å². The first-order valence-electron chi connectivity index (χ1n) is 13.2. The van der Waals surface area contributed by atoms with Gasteiger partial charge in [0.1, 0.15) is 18.3 Å².